The van der Waals surface area contributed by atoms with Gasteiger partial charge in [-0.2, -0.15) is 0 Å². The molecular formula is C28H23NO5. The van der Waals surface area contributed by atoms with Crippen molar-refractivity contribution in [1.29, 1.82) is 0 Å². The van der Waals surface area contributed by atoms with Crippen LogP contribution in [0.4, 0.5) is 5.69 Å². The van der Waals surface area contributed by atoms with E-state index in [4.69, 9.17) is 4.74 Å². The number of benzene rings is 3. The molecule has 0 saturated carbocycles. The SMILES string of the molecule is CCCOc1ccccc1N1C(=O)[C@H]2C3c4ccccc4C(C(=O)O)(c4ccccc43)[C@H]2C1=O. The van der Waals surface area contributed by atoms with E-state index in [0.29, 0.717) is 29.2 Å². The predicted octanol–water partition coefficient (Wildman–Crippen LogP) is 4.11. The molecule has 1 aliphatic heterocycles. The summed E-state index contributed by atoms with van der Waals surface area (Å²) in [7, 11) is 0. The number of aliphatic carboxylic acids is 1. The molecule has 2 amide bonds. The molecule has 1 N–H and O–H groups in total. The maximum Gasteiger partial charge on any atom is 0.319 e. The Morgan fingerprint density at radius 1 is 0.912 bits per heavy atom. The summed E-state index contributed by atoms with van der Waals surface area (Å²) in [6.45, 7) is 2.42. The third-order valence-corrected chi connectivity index (χ3v) is 7.52. The van der Waals surface area contributed by atoms with E-state index in [1.54, 1.807) is 48.5 Å². The van der Waals surface area contributed by atoms with Gasteiger partial charge in [0, 0.05) is 5.92 Å². The standard InChI is InChI=1S/C28H23NO5/c1-2-15-34-21-14-8-7-13-20(21)29-25(30)23-22-16-9-3-5-11-18(16)28(27(32)33,24(23)26(29)31)19-12-6-4-10-17(19)22/h3-14,22-24H,2,15H2,1H3,(H,32,33)/t22?,23-,24+,28?/m0/s1. The zero-order valence-electron chi connectivity index (χ0n) is 18.6. The van der Waals surface area contributed by atoms with Crippen molar-refractivity contribution in [1.82, 2.24) is 0 Å². The summed E-state index contributed by atoms with van der Waals surface area (Å²) in [5.74, 6) is -3.75. The lowest BCUT2D eigenvalue weighted by molar-refractivity contribution is -0.149. The number of para-hydroxylation sites is 2. The monoisotopic (exact) mass is 453 g/mol. The molecule has 6 nitrogen and oxygen atoms in total. The summed E-state index contributed by atoms with van der Waals surface area (Å²) >= 11 is 0. The second-order valence-electron chi connectivity index (χ2n) is 9.10. The van der Waals surface area contributed by atoms with E-state index < -0.39 is 29.1 Å². The highest BCUT2D eigenvalue weighted by atomic mass is 16.5. The molecule has 3 aromatic rings. The normalized spacial score (nSPS) is 26.1. The van der Waals surface area contributed by atoms with E-state index in [9.17, 15) is 19.5 Å². The number of nitrogens with zero attached hydrogens (tertiary/aromatic N) is 1. The van der Waals surface area contributed by atoms with Crippen LogP contribution in [-0.2, 0) is 19.8 Å². The largest absolute Gasteiger partial charge is 0.491 e. The Kier molecular flexibility index (Phi) is 4.43. The Labute approximate surface area is 196 Å². The number of amides is 2. The highest BCUT2D eigenvalue weighted by molar-refractivity contribution is 6.25. The number of carboxylic acid groups (broad SMARTS) is 1. The quantitative estimate of drug-likeness (QED) is 0.588. The third kappa shape index (κ3) is 2.37. The smallest absolute Gasteiger partial charge is 0.319 e. The number of hydrogen-bond acceptors (Lipinski definition) is 4. The lowest BCUT2D eigenvalue weighted by atomic mass is 9.47. The van der Waals surface area contributed by atoms with Crippen molar-refractivity contribution in [3.05, 3.63) is 95.1 Å². The summed E-state index contributed by atoms with van der Waals surface area (Å²) in [5.41, 5.74) is 1.56. The summed E-state index contributed by atoms with van der Waals surface area (Å²) in [6, 6.07) is 21.7. The van der Waals surface area contributed by atoms with Crippen molar-refractivity contribution < 1.29 is 24.2 Å². The van der Waals surface area contributed by atoms with Gasteiger partial charge in [0.05, 0.1) is 24.1 Å². The van der Waals surface area contributed by atoms with Gasteiger partial charge in [0.25, 0.3) is 0 Å². The second-order valence-corrected chi connectivity index (χ2v) is 9.10. The molecule has 0 aromatic heterocycles. The molecule has 2 atom stereocenters. The van der Waals surface area contributed by atoms with Gasteiger partial charge in [-0.3, -0.25) is 14.4 Å². The third-order valence-electron chi connectivity index (χ3n) is 7.52. The van der Waals surface area contributed by atoms with Gasteiger partial charge in [-0.25, -0.2) is 4.90 Å². The van der Waals surface area contributed by atoms with Gasteiger partial charge in [0.1, 0.15) is 11.2 Å². The molecule has 3 aromatic carbocycles. The lowest BCUT2D eigenvalue weighted by Crippen LogP contribution is -2.57. The van der Waals surface area contributed by atoms with Crippen molar-refractivity contribution in [2.75, 3.05) is 11.5 Å². The molecular weight excluding hydrogens is 430 g/mol. The number of rotatable bonds is 5. The zero-order chi connectivity index (χ0) is 23.6. The molecule has 4 aliphatic rings. The van der Waals surface area contributed by atoms with Crippen LogP contribution in [0.2, 0.25) is 0 Å². The summed E-state index contributed by atoms with van der Waals surface area (Å²) in [5, 5.41) is 10.8. The predicted molar refractivity (Wildman–Crippen MR) is 125 cm³/mol. The van der Waals surface area contributed by atoms with Crippen molar-refractivity contribution in [3.63, 3.8) is 0 Å². The van der Waals surface area contributed by atoms with Crippen LogP contribution in [0.25, 0.3) is 0 Å². The fraction of sp³-hybridized carbons (Fsp3) is 0.250. The van der Waals surface area contributed by atoms with Gasteiger partial charge in [-0.05, 0) is 40.8 Å². The fourth-order valence-corrected chi connectivity index (χ4v) is 6.35. The van der Waals surface area contributed by atoms with Gasteiger partial charge >= 0.3 is 5.97 Å². The van der Waals surface area contributed by atoms with E-state index in [-0.39, 0.29) is 11.8 Å². The molecule has 0 unspecified atom stereocenters. The molecule has 1 heterocycles. The summed E-state index contributed by atoms with van der Waals surface area (Å²) < 4.78 is 5.85. The van der Waals surface area contributed by atoms with E-state index in [1.165, 1.54) is 4.90 Å². The van der Waals surface area contributed by atoms with Gasteiger partial charge in [-0.1, -0.05) is 67.6 Å². The van der Waals surface area contributed by atoms with Gasteiger partial charge < -0.3 is 9.84 Å². The van der Waals surface area contributed by atoms with Crippen LogP contribution in [0.5, 0.6) is 5.75 Å². The highest BCUT2D eigenvalue weighted by Gasteiger charge is 2.71. The molecule has 2 bridgehead atoms. The van der Waals surface area contributed by atoms with E-state index in [1.807, 2.05) is 31.2 Å². The van der Waals surface area contributed by atoms with Gasteiger partial charge in [0.2, 0.25) is 11.8 Å². The first-order chi connectivity index (χ1) is 16.5. The lowest BCUT2D eigenvalue weighted by Gasteiger charge is -2.51. The zero-order valence-corrected chi connectivity index (χ0v) is 18.6. The molecule has 6 heteroatoms. The number of carboxylic acids is 1. The maximum atomic E-state index is 14.1. The summed E-state index contributed by atoms with van der Waals surface area (Å²) in [4.78, 5) is 42.5. The highest BCUT2D eigenvalue weighted by Crippen LogP contribution is 2.64. The molecule has 1 fully saturated rings. The van der Waals surface area contributed by atoms with Gasteiger partial charge in [-0.15, -0.1) is 0 Å². The Bertz CT molecular complexity index is 1310. The number of ether oxygens (including phenoxy) is 1. The average Bonchev–Trinajstić information content (AvgIpc) is 3.13. The number of carbonyl (C=O) groups is 3. The molecule has 0 radical (unpaired) electrons. The van der Waals surface area contributed by atoms with Crippen LogP contribution >= 0.6 is 0 Å². The van der Waals surface area contributed by atoms with Crippen LogP contribution in [-0.4, -0.2) is 29.5 Å². The molecule has 1 saturated heterocycles. The molecule has 3 aliphatic carbocycles. The molecule has 7 rings (SSSR count). The minimum Gasteiger partial charge on any atom is -0.491 e. The molecule has 0 spiro atoms. The van der Waals surface area contributed by atoms with Crippen molar-refractivity contribution in [2.24, 2.45) is 11.8 Å². The van der Waals surface area contributed by atoms with Crippen molar-refractivity contribution in [3.8, 4) is 5.75 Å². The van der Waals surface area contributed by atoms with Crippen molar-refractivity contribution in [2.45, 2.75) is 24.7 Å². The molecule has 34 heavy (non-hydrogen) atoms. The van der Waals surface area contributed by atoms with Crippen LogP contribution in [0.3, 0.4) is 0 Å². The summed E-state index contributed by atoms with van der Waals surface area (Å²) in [6.07, 6.45) is 0.774. The average molecular weight is 453 g/mol. The Morgan fingerprint density at radius 3 is 2.12 bits per heavy atom. The topological polar surface area (TPSA) is 83.9 Å². The minimum atomic E-state index is -1.63. The Morgan fingerprint density at radius 2 is 1.50 bits per heavy atom. The first-order valence-corrected chi connectivity index (χ1v) is 11.5. The van der Waals surface area contributed by atoms with Crippen LogP contribution in [0.15, 0.2) is 72.8 Å². The number of anilines is 1. The minimum absolute atomic E-state index is 0.369. The maximum absolute atomic E-state index is 14.1. The first kappa shape index (κ1) is 20.7. The van der Waals surface area contributed by atoms with Crippen molar-refractivity contribution >= 4 is 23.5 Å². The Hall–Kier alpha value is -3.93. The number of carbonyl (C=O) groups excluding carboxylic acids is 2. The molecule has 170 valence electrons. The van der Waals surface area contributed by atoms with Crippen LogP contribution < -0.4 is 9.64 Å². The van der Waals surface area contributed by atoms with E-state index in [0.717, 1.165) is 17.5 Å². The van der Waals surface area contributed by atoms with E-state index >= 15 is 0 Å². The second kappa shape index (κ2) is 7.29. The Balaban J connectivity index is 1.61. The van der Waals surface area contributed by atoms with Gasteiger partial charge in [0.15, 0.2) is 0 Å². The first-order valence-electron chi connectivity index (χ1n) is 11.5. The number of hydrogen-bond donors (Lipinski definition) is 1. The van der Waals surface area contributed by atoms with E-state index in [2.05, 4.69) is 0 Å². The number of imide groups is 1. The van der Waals surface area contributed by atoms with Crippen LogP contribution in [0, 0.1) is 11.8 Å². The van der Waals surface area contributed by atoms with Crippen LogP contribution in [0.1, 0.15) is 41.5 Å². The fourth-order valence-electron chi connectivity index (χ4n) is 6.35.